The third-order valence-corrected chi connectivity index (χ3v) is 4.07. The van der Waals surface area contributed by atoms with Crippen LogP contribution in [0.3, 0.4) is 0 Å². The summed E-state index contributed by atoms with van der Waals surface area (Å²) in [6.07, 6.45) is 12.2. The van der Waals surface area contributed by atoms with Crippen LogP contribution in [0.2, 0.25) is 0 Å². The van der Waals surface area contributed by atoms with E-state index in [1.165, 1.54) is 29.4 Å². The number of nitrogens with two attached hydrogens (primary N) is 1. The van der Waals surface area contributed by atoms with E-state index < -0.39 is 11.5 Å². The van der Waals surface area contributed by atoms with Gasteiger partial charge in [0.25, 0.3) is 11.5 Å². The summed E-state index contributed by atoms with van der Waals surface area (Å²) in [7, 11) is 3.14. The van der Waals surface area contributed by atoms with Crippen LogP contribution < -0.4 is 22.1 Å². The Morgan fingerprint density at radius 2 is 2.11 bits per heavy atom. The van der Waals surface area contributed by atoms with E-state index in [4.69, 9.17) is 10.9 Å². The second-order valence-corrected chi connectivity index (χ2v) is 5.92. The van der Waals surface area contributed by atoms with Gasteiger partial charge in [-0.05, 0) is 31.6 Å². The number of amidine groups is 1. The fourth-order valence-corrected chi connectivity index (χ4v) is 2.54. The summed E-state index contributed by atoms with van der Waals surface area (Å²) in [6.45, 7) is 1.79. The van der Waals surface area contributed by atoms with Gasteiger partial charge in [0.2, 0.25) is 0 Å². The highest BCUT2D eigenvalue weighted by Gasteiger charge is 2.16. The quantitative estimate of drug-likeness (QED) is 0.275. The first-order valence-corrected chi connectivity index (χ1v) is 8.28. The van der Waals surface area contributed by atoms with Crippen molar-refractivity contribution in [3.05, 3.63) is 75.4 Å². The molecule has 0 spiro atoms. The van der Waals surface area contributed by atoms with Gasteiger partial charge < -0.3 is 15.6 Å². The molecule has 5 N–H and O–H groups in total. The molecule has 1 aromatic heterocycles. The lowest BCUT2D eigenvalue weighted by Gasteiger charge is -2.15. The summed E-state index contributed by atoms with van der Waals surface area (Å²) >= 11 is 0. The van der Waals surface area contributed by atoms with Gasteiger partial charge in [-0.1, -0.05) is 18.2 Å². The van der Waals surface area contributed by atoms with E-state index in [0.717, 1.165) is 12.1 Å². The lowest BCUT2D eigenvalue weighted by atomic mass is 10.1. The van der Waals surface area contributed by atoms with Crippen molar-refractivity contribution in [3.63, 3.8) is 0 Å². The molecule has 0 saturated carbocycles. The zero-order valence-electron chi connectivity index (χ0n) is 15.5. The fraction of sp³-hybridized carbons (Fsp3) is 0.211. The van der Waals surface area contributed by atoms with Crippen molar-refractivity contribution >= 4 is 17.4 Å². The topological polar surface area (TPSA) is 122 Å². The molecule has 0 aromatic carbocycles. The van der Waals surface area contributed by atoms with Crippen LogP contribution in [0.1, 0.15) is 29.3 Å². The average Bonchev–Trinajstić information content (AvgIpc) is 2.95. The van der Waals surface area contributed by atoms with Gasteiger partial charge in [0, 0.05) is 42.8 Å². The Labute approximate surface area is 157 Å². The lowest BCUT2D eigenvalue weighted by molar-refractivity contribution is 0.0704. The van der Waals surface area contributed by atoms with Gasteiger partial charge in [-0.3, -0.25) is 19.8 Å². The van der Waals surface area contributed by atoms with Crippen molar-refractivity contribution in [1.82, 2.24) is 15.4 Å². The summed E-state index contributed by atoms with van der Waals surface area (Å²) in [6, 6.07) is 1.34. The minimum absolute atomic E-state index is 0.212. The molecule has 8 nitrogen and oxygen atoms in total. The minimum Gasteiger partial charge on any atom is -0.398 e. The predicted octanol–water partition coefficient (Wildman–Crippen LogP) is 1.21. The first-order chi connectivity index (χ1) is 12.9. The van der Waals surface area contributed by atoms with E-state index in [0.29, 0.717) is 22.7 Å². The predicted molar refractivity (Wildman–Crippen MR) is 105 cm³/mol. The maximum absolute atomic E-state index is 12.1. The minimum atomic E-state index is -0.897. The van der Waals surface area contributed by atoms with Gasteiger partial charge in [0.05, 0.1) is 0 Å². The molecule has 0 aliphatic heterocycles. The molecule has 0 fully saturated rings. The molecular weight excluding hydrogens is 346 g/mol. The number of amides is 1. The summed E-state index contributed by atoms with van der Waals surface area (Å²) in [4.78, 5) is 28.1. The van der Waals surface area contributed by atoms with Crippen molar-refractivity contribution < 1.29 is 10.0 Å². The van der Waals surface area contributed by atoms with Gasteiger partial charge >= 0.3 is 0 Å². The average molecular weight is 369 g/mol. The summed E-state index contributed by atoms with van der Waals surface area (Å²) < 4.78 is 1.23. The number of hydroxylamine groups is 1. The molecule has 2 rings (SSSR count). The van der Waals surface area contributed by atoms with Crippen LogP contribution in [-0.2, 0) is 7.05 Å². The first kappa shape index (κ1) is 19.9. The molecule has 0 unspecified atom stereocenters. The van der Waals surface area contributed by atoms with Crippen LogP contribution in [-0.4, -0.2) is 28.6 Å². The number of aryl methyl sites for hydroxylation is 1. The molecule has 0 radical (unpaired) electrons. The zero-order valence-corrected chi connectivity index (χ0v) is 15.5. The van der Waals surface area contributed by atoms with Gasteiger partial charge in [-0.15, -0.1) is 0 Å². The second kappa shape index (κ2) is 8.81. The van der Waals surface area contributed by atoms with E-state index in [9.17, 15) is 9.59 Å². The van der Waals surface area contributed by atoms with Crippen LogP contribution in [0, 0.1) is 0 Å². The molecule has 1 heterocycles. The highest BCUT2D eigenvalue weighted by Crippen LogP contribution is 2.15. The van der Waals surface area contributed by atoms with Crippen molar-refractivity contribution in [2.45, 2.75) is 13.3 Å². The number of aliphatic imine (C=N–C) groups is 1. The molecule has 1 aliphatic rings. The van der Waals surface area contributed by atoms with Gasteiger partial charge in [0.15, 0.2) is 0 Å². The monoisotopic (exact) mass is 369 g/mol. The standard InChI is InChI=1S/C19H23N5O3/c1-12(17(21-2)22-14-8-6-4-5-7-9-14)16(20)13-10-15(18(25)23-27)19(26)24(3)11-13/h4,6-11,27H,5,20H2,1-3H3,(H,21,22)(H,23,25). The molecule has 0 atom stereocenters. The van der Waals surface area contributed by atoms with Crippen LogP contribution >= 0.6 is 0 Å². The first-order valence-electron chi connectivity index (χ1n) is 8.28. The fourth-order valence-electron chi connectivity index (χ4n) is 2.54. The molecule has 8 heteroatoms. The number of hydrogen-bond acceptors (Lipinski definition) is 5. The number of allylic oxidation sites excluding steroid dienone is 5. The summed E-state index contributed by atoms with van der Waals surface area (Å²) in [5.41, 5.74) is 9.31. The molecule has 0 bridgehead atoms. The van der Waals surface area contributed by atoms with Crippen molar-refractivity contribution in [2.24, 2.45) is 17.8 Å². The van der Waals surface area contributed by atoms with Crippen molar-refractivity contribution in [1.29, 1.82) is 0 Å². The Morgan fingerprint density at radius 1 is 1.37 bits per heavy atom. The largest absolute Gasteiger partial charge is 0.398 e. The molecule has 27 heavy (non-hydrogen) atoms. The van der Waals surface area contributed by atoms with Crippen LogP contribution in [0.25, 0.3) is 5.70 Å². The van der Waals surface area contributed by atoms with Gasteiger partial charge in [-0.2, -0.15) is 0 Å². The molecule has 1 aromatic rings. The number of rotatable bonds is 4. The van der Waals surface area contributed by atoms with Crippen molar-refractivity contribution in [2.75, 3.05) is 7.05 Å². The highest BCUT2D eigenvalue weighted by molar-refractivity contribution is 6.05. The van der Waals surface area contributed by atoms with E-state index in [-0.39, 0.29) is 5.56 Å². The number of nitrogens with one attached hydrogen (secondary N) is 2. The van der Waals surface area contributed by atoms with Crippen molar-refractivity contribution in [3.8, 4) is 0 Å². The van der Waals surface area contributed by atoms with E-state index in [1.807, 2.05) is 30.4 Å². The Balaban J connectivity index is 2.45. The normalized spacial score (nSPS) is 15.0. The van der Waals surface area contributed by atoms with E-state index in [1.54, 1.807) is 14.0 Å². The lowest BCUT2D eigenvalue weighted by Crippen LogP contribution is -2.31. The third-order valence-electron chi connectivity index (χ3n) is 4.07. The summed E-state index contributed by atoms with van der Waals surface area (Å²) in [5, 5.41) is 12.1. The number of carbonyl (C=O) groups excluding carboxylic acids is 1. The maximum atomic E-state index is 12.1. The number of aromatic nitrogens is 1. The number of nitrogens with zero attached hydrogens (tertiary/aromatic N) is 2. The zero-order chi connectivity index (χ0) is 20.0. The SMILES string of the molecule is CN=C(NC1=CC=CCC=C1)C(C)=C(N)c1cc(C(=O)NO)c(=O)n(C)c1. The molecular formula is C19H23N5O3. The Bertz CT molecular complexity index is 949. The Kier molecular flexibility index (Phi) is 6.51. The van der Waals surface area contributed by atoms with E-state index >= 15 is 0 Å². The van der Waals surface area contributed by atoms with Gasteiger partial charge in [-0.25, -0.2) is 5.48 Å². The number of hydrogen-bond donors (Lipinski definition) is 4. The Hall–Kier alpha value is -3.39. The number of pyridine rings is 1. The molecule has 1 amide bonds. The van der Waals surface area contributed by atoms with Crippen LogP contribution in [0.15, 0.2) is 63.7 Å². The highest BCUT2D eigenvalue weighted by atomic mass is 16.5. The maximum Gasteiger partial charge on any atom is 0.280 e. The van der Waals surface area contributed by atoms with E-state index in [2.05, 4.69) is 10.3 Å². The smallest absolute Gasteiger partial charge is 0.280 e. The molecule has 0 saturated heterocycles. The third kappa shape index (κ3) is 4.62. The van der Waals surface area contributed by atoms with Gasteiger partial charge in [0.1, 0.15) is 11.4 Å². The molecule has 1 aliphatic carbocycles. The van der Waals surface area contributed by atoms with Crippen LogP contribution in [0.4, 0.5) is 0 Å². The molecule has 142 valence electrons. The van der Waals surface area contributed by atoms with Crippen LogP contribution in [0.5, 0.6) is 0 Å². The number of carbonyl (C=O) groups is 1. The Morgan fingerprint density at radius 3 is 2.78 bits per heavy atom. The second-order valence-electron chi connectivity index (χ2n) is 5.92. The summed E-state index contributed by atoms with van der Waals surface area (Å²) in [5.74, 6) is -0.341.